The molecule has 0 aliphatic heterocycles. The van der Waals surface area contributed by atoms with Gasteiger partial charge < -0.3 is 10.4 Å². The molecular formula is C15H24N2O4S. The molecule has 0 bridgehead atoms. The van der Waals surface area contributed by atoms with Crippen molar-refractivity contribution < 1.29 is 18.3 Å². The number of hydrogen-bond acceptors (Lipinski definition) is 4. The molecule has 1 aromatic rings. The third kappa shape index (κ3) is 4.99. The molecular weight excluding hydrogens is 304 g/mol. The van der Waals surface area contributed by atoms with Crippen molar-refractivity contribution in [2.75, 3.05) is 5.32 Å². The Morgan fingerprint density at radius 3 is 2.41 bits per heavy atom. The van der Waals surface area contributed by atoms with Crippen molar-refractivity contribution in [3.63, 3.8) is 0 Å². The summed E-state index contributed by atoms with van der Waals surface area (Å²) in [6, 6.07) is 3.96. The van der Waals surface area contributed by atoms with Gasteiger partial charge in [0.15, 0.2) is 0 Å². The van der Waals surface area contributed by atoms with Crippen LogP contribution in [0, 0.1) is 0 Å². The molecule has 0 saturated heterocycles. The van der Waals surface area contributed by atoms with Crippen molar-refractivity contribution in [3.8, 4) is 0 Å². The fourth-order valence-electron chi connectivity index (χ4n) is 2.14. The Balaban J connectivity index is 3.17. The molecule has 6 nitrogen and oxygen atoms in total. The predicted molar refractivity (Wildman–Crippen MR) is 86.9 cm³/mol. The summed E-state index contributed by atoms with van der Waals surface area (Å²) in [4.78, 5) is 11.4. The maximum atomic E-state index is 12.1. The second-order valence-electron chi connectivity index (χ2n) is 5.62. The van der Waals surface area contributed by atoms with Crippen molar-refractivity contribution in [1.29, 1.82) is 0 Å². The fourth-order valence-corrected chi connectivity index (χ4v) is 3.42. The summed E-state index contributed by atoms with van der Waals surface area (Å²) in [6.07, 6.45) is 1.87. The Bertz CT molecular complexity index is 626. The van der Waals surface area contributed by atoms with Crippen LogP contribution < -0.4 is 10.0 Å². The Hall–Kier alpha value is -1.60. The molecule has 1 aromatic carbocycles. The van der Waals surface area contributed by atoms with Crippen LogP contribution in [0.3, 0.4) is 0 Å². The molecule has 7 heteroatoms. The summed E-state index contributed by atoms with van der Waals surface area (Å²) < 4.78 is 26.7. The number of carboxylic acids is 1. The molecule has 0 aliphatic carbocycles. The van der Waals surface area contributed by atoms with Gasteiger partial charge in [-0.25, -0.2) is 17.9 Å². The van der Waals surface area contributed by atoms with E-state index in [1.807, 2.05) is 13.8 Å². The van der Waals surface area contributed by atoms with Crippen LogP contribution in [0.1, 0.15) is 50.9 Å². The number of sulfonamides is 1. The lowest BCUT2D eigenvalue weighted by Gasteiger charge is -2.17. The number of carbonyl (C=O) groups is 1. The van der Waals surface area contributed by atoms with E-state index in [4.69, 9.17) is 0 Å². The van der Waals surface area contributed by atoms with E-state index in [1.54, 1.807) is 13.8 Å². The van der Waals surface area contributed by atoms with Gasteiger partial charge in [-0.3, -0.25) is 0 Å². The van der Waals surface area contributed by atoms with Gasteiger partial charge in [0.25, 0.3) is 0 Å². The summed E-state index contributed by atoms with van der Waals surface area (Å²) in [5, 5.41) is 12.4. The molecule has 3 N–H and O–H groups in total. The van der Waals surface area contributed by atoms with Gasteiger partial charge in [0, 0.05) is 17.8 Å². The molecule has 0 amide bonds. The number of anilines is 1. The zero-order valence-electron chi connectivity index (χ0n) is 13.4. The maximum Gasteiger partial charge on any atom is 0.337 e. The Kier molecular flexibility index (Phi) is 6.37. The van der Waals surface area contributed by atoms with Crippen LogP contribution in [0.4, 0.5) is 5.69 Å². The lowest BCUT2D eigenvalue weighted by molar-refractivity contribution is 0.0697. The van der Waals surface area contributed by atoms with E-state index in [1.165, 1.54) is 18.2 Å². The number of rotatable bonds is 8. The summed E-state index contributed by atoms with van der Waals surface area (Å²) in [6.45, 7) is 7.42. The van der Waals surface area contributed by atoms with Gasteiger partial charge in [-0.2, -0.15) is 0 Å². The predicted octanol–water partition coefficient (Wildman–Crippen LogP) is 2.67. The van der Waals surface area contributed by atoms with Crippen LogP contribution in [-0.2, 0) is 10.0 Å². The van der Waals surface area contributed by atoms with Crippen LogP contribution in [0.25, 0.3) is 0 Å². The lowest BCUT2D eigenvalue weighted by atomic mass is 10.1. The highest BCUT2D eigenvalue weighted by Gasteiger charge is 2.20. The zero-order valence-corrected chi connectivity index (χ0v) is 14.2. The van der Waals surface area contributed by atoms with Gasteiger partial charge in [-0.1, -0.05) is 13.3 Å². The molecule has 0 heterocycles. The van der Waals surface area contributed by atoms with E-state index < -0.39 is 16.0 Å². The van der Waals surface area contributed by atoms with Gasteiger partial charge in [-0.15, -0.1) is 0 Å². The number of benzene rings is 1. The standard InChI is InChI=1S/C15H24N2O4S/c1-5-6-11(4)16-14-8-7-12(9-13(14)15(18)19)22(20,21)17-10(2)3/h7-11,16-17H,5-6H2,1-4H3,(H,18,19). The van der Waals surface area contributed by atoms with Gasteiger partial charge in [0.05, 0.1) is 10.5 Å². The minimum Gasteiger partial charge on any atom is -0.478 e. The maximum absolute atomic E-state index is 12.1. The normalized spacial score (nSPS) is 13.1. The summed E-state index contributed by atoms with van der Waals surface area (Å²) in [5.41, 5.74) is 0.381. The second kappa shape index (κ2) is 7.60. The molecule has 0 aromatic heterocycles. The third-order valence-corrected chi connectivity index (χ3v) is 4.70. The Morgan fingerprint density at radius 2 is 1.91 bits per heavy atom. The van der Waals surface area contributed by atoms with E-state index in [-0.39, 0.29) is 22.5 Å². The van der Waals surface area contributed by atoms with Gasteiger partial charge in [0.1, 0.15) is 0 Å². The lowest BCUT2D eigenvalue weighted by Crippen LogP contribution is -2.30. The molecule has 0 saturated carbocycles. The van der Waals surface area contributed by atoms with E-state index in [9.17, 15) is 18.3 Å². The van der Waals surface area contributed by atoms with Crippen LogP contribution in [-0.4, -0.2) is 31.6 Å². The number of hydrogen-bond donors (Lipinski definition) is 3. The minimum atomic E-state index is -3.71. The smallest absolute Gasteiger partial charge is 0.337 e. The molecule has 0 fully saturated rings. The van der Waals surface area contributed by atoms with E-state index in [0.29, 0.717) is 5.69 Å². The molecule has 0 radical (unpaired) electrons. The van der Waals surface area contributed by atoms with Gasteiger partial charge >= 0.3 is 5.97 Å². The Morgan fingerprint density at radius 1 is 1.27 bits per heavy atom. The molecule has 0 spiro atoms. The topological polar surface area (TPSA) is 95.5 Å². The molecule has 22 heavy (non-hydrogen) atoms. The first-order valence-corrected chi connectivity index (χ1v) is 8.82. The van der Waals surface area contributed by atoms with Crippen LogP contribution in [0.5, 0.6) is 0 Å². The largest absolute Gasteiger partial charge is 0.478 e. The molecule has 0 aliphatic rings. The average Bonchev–Trinajstić information content (AvgIpc) is 2.37. The second-order valence-corrected chi connectivity index (χ2v) is 7.34. The van der Waals surface area contributed by atoms with E-state index >= 15 is 0 Å². The van der Waals surface area contributed by atoms with Gasteiger partial charge in [0.2, 0.25) is 10.0 Å². The number of aromatic carboxylic acids is 1. The highest BCUT2D eigenvalue weighted by atomic mass is 32.2. The van der Waals surface area contributed by atoms with Crippen LogP contribution in [0.2, 0.25) is 0 Å². The first-order valence-electron chi connectivity index (χ1n) is 7.33. The molecule has 1 atom stereocenters. The van der Waals surface area contributed by atoms with Crippen molar-refractivity contribution in [2.24, 2.45) is 0 Å². The summed E-state index contributed by atoms with van der Waals surface area (Å²) in [7, 11) is -3.71. The third-order valence-electron chi connectivity index (χ3n) is 3.05. The van der Waals surface area contributed by atoms with Crippen molar-refractivity contribution in [1.82, 2.24) is 4.72 Å². The zero-order chi connectivity index (χ0) is 16.9. The van der Waals surface area contributed by atoms with Gasteiger partial charge in [-0.05, 0) is 45.4 Å². The van der Waals surface area contributed by atoms with Crippen molar-refractivity contribution in [2.45, 2.75) is 57.5 Å². The number of carboxylic acid groups (broad SMARTS) is 1. The highest BCUT2D eigenvalue weighted by molar-refractivity contribution is 7.89. The first kappa shape index (κ1) is 18.4. The fraction of sp³-hybridized carbons (Fsp3) is 0.533. The molecule has 124 valence electrons. The summed E-state index contributed by atoms with van der Waals surface area (Å²) >= 11 is 0. The quantitative estimate of drug-likeness (QED) is 0.682. The highest BCUT2D eigenvalue weighted by Crippen LogP contribution is 2.22. The minimum absolute atomic E-state index is 0.0467. The van der Waals surface area contributed by atoms with E-state index in [0.717, 1.165) is 12.8 Å². The number of nitrogens with one attached hydrogen (secondary N) is 2. The van der Waals surface area contributed by atoms with Crippen molar-refractivity contribution >= 4 is 21.7 Å². The van der Waals surface area contributed by atoms with Crippen LogP contribution in [0.15, 0.2) is 23.1 Å². The Labute approximate surface area is 132 Å². The molecule has 1 unspecified atom stereocenters. The average molecular weight is 328 g/mol. The monoisotopic (exact) mass is 328 g/mol. The molecule has 1 rings (SSSR count). The van der Waals surface area contributed by atoms with Crippen LogP contribution >= 0.6 is 0 Å². The first-order chi connectivity index (χ1) is 10.2. The SMILES string of the molecule is CCCC(C)Nc1ccc(S(=O)(=O)NC(C)C)cc1C(=O)O. The summed E-state index contributed by atoms with van der Waals surface area (Å²) in [5.74, 6) is -1.16. The van der Waals surface area contributed by atoms with E-state index in [2.05, 4.69) is 10.0 Å². The van der Waals surface area contributed by atoms with Crippen molar-refractivity contribution in [3.05, 3.63) is 23.8 Å².